The molecule has 0 N–H and O–H groups in total. The fourth-order valence-corrected chi connectivity index (χ4v) is 3.91. The van der Waals surface area contributed by atoms with E-state index in [0.29, 0.717) is 26.1 Å². The van der Waals surface area contributed by atoms with Crippen molar-refractivity contribution in [1.82, 2.24) is 0 Å². The Morgan fingerprint density at radius 2 is 0.750 bits per heavy atom. The monoisotopic (exact) mass is 454 g/mol. The molecule has 0 aliphatic heterocycles. The minimum atomic E-state index is -0.127. The van der Waals surface area contributed by atoms with Crippen molar-refractivity contribution < 1.29 is 19.1 Å². The Hall–Kier alpha value is -1.06. The highest BCUT2D eigenvalue weighted by molar-refractivity contribution is 5.69. The molecular formula is C28H54O4. The van der Waals surface area contributed by atoms with Crippen LogP contribution in [0.1, 0.15) is 155 Å². The Morgan fingerprint density at radius 1 is 0.406 bits per heavy atom. The smallest absolute Gasteiger partial charge is 0.305 e. The fourth-order valence-electron chi connectivity index (χ4n) is 3.91. The molecule has 0 fully saturated rings. The van der Waals surface area contributed by atoms with Gasteiger partial charge in [-0.1, -0.05) is 117 Å². The van der Waals surface area contributed by atoms with Gasteiger partial charge in [-0.25, -0.2) is 0 Å². The van der Waals surface area contributed by atoms with Crippen LogP contribution in [0.5, 0.6) is 0 Å². The van der Waals surface area contributed by atoms with Crippen LogP contribution in [0.15, 0.2) is 0 Å². The molecule has 4 nitrogen and oxygen atoms in total. The van der Waals surface area contributed by atoms with Crippen LogP contribution < -0.4 is 0 Å². The van der Waals surface area contributed by atoms with Crippen LogP contribution in [0.2, 0.25) is 0 Å². The van der Waals surface area contributed by atoms with Gasteiger partial charge in [0.2, 0.25) is 0 Å². The lowest BCUT2D eigenvalue weighted by Gasteiger charge is -2.06. The van der Waals surface area contributed by atoms with E-state index in [1.165, 1.54) is 89.9 Å². The molecule has 0 rings (SSSR count). The van der Waals surface area contributed by atoms with E-state index in [4.69, 9.17) is 9.47 Å². The number of hydrogen-bond acceptors (Lipinski definition) is 4. The van der Waals surface area contributed by atoms with Crippen LogP contribution in [-0.2, 0) is 19.1 Å². The first-order valence-electron chi connectivity index (χ1n) is 14.0. The van der Waals surface area contributed by atoms with Crippen molar-refractivity contribution in [1.29, 1.82) is 0 Å². The van der Waals surface area contributed by atoms with Crippen molar-refractivity contribution in [2.45, 2.75) is 155 Å². The predicted octanol–water partition coefficient (Wildman–Crippen LogP) is 8.69. The average Bonchev–Trinajstić information content (AvgIpc) is 2.79. The number of carbonyl (C=O) groups excluding carboxylic acids is 2. The molecule has 0 spiro atoms. The van der Waals surface area contributed by atoms with Crippen LogP contribution in [0.4, 0.5) is 0 Å². The van der Waals surface area contributed by atoms with E-state index in [2.05, 4.69) is 6.92 Å². The number of carbonyl (C=O) groups is 2. The fraction of sp³-hybridized carbons (Fsp3) is 0.929. The van der Waals surface area contributed by atoms with Gasteiger partial charge in [0, 0.05) is 12.8 Å². The standard InChI is InChI=1S/C28H54O4/c1-3-5-6-7-8-9-10-11-12-13-14-15-16-17-18-22-26-32-28(30)24-21-19-20-23-27(29)31-25-4-2/h3-26H2,1-2H3. The van der Waals surface area contributed by atoms with E-state index in [0.717, 1.165) is 38.5 Å². The molecule has 0 aromatic rings. The Labute approximate surface area is 199 Å². The highest BCUT2D eigenvalue weighted by Gasteiger charge is 2.05. The lowest BCUT2D eigenvalue weighted by molar-refractivity contribution is -0.144. The Kier molecular flexibility index (Phi) is 25.3. The van der Waals surface area contributed by atoms with Crippen LogP contribution >= 0.6 is 0 Å². The van der Waals surface area contributed by atoms with Gasteiger partial charge < -0.3 is 9.47 Å². The zero-order chi connectivity index (χ0) is 23.5. The van der Waals surface area contributed by atoms with Crippen LogP contribution in [0.3, 0.4) is 0 Å². The lowest BCUT2D eigenvalue weighted by Crippen LogP contribution is -2.06. The number of unbranched alkanes of at least 4 members (excludes halogenated alkanes) is 17. The molecule has 0 saturated heterocycles. The first-order chi connectivity index (χ1) is 15.7. The van der Waals surface area contributed by atoms with Crippen molar-refractivity contribution in [2.24, 2.45) is 0 Å². The third kappa shape index (κ3) is 25.2. The van der Waals surface area contributed by atoms with E-state index < -0.39 is 0 Å². The van der Waals surface area contributed by atoms with Gasteiger partial charge >= 0.3 is 11.9 Å². The van der Waals surface area contributed by atoms with Gasteiger partial charge in [0.1, 0.15) is 0 Å². The summed E-state index contributed by atoms with van der Waals surface area (Å²) in [5, 5.41) is 0. The summed E-state index contributed by atoms with van der Waals surface area (Å²) >= 11 is 0. The normalized spacial score (nSPS) is 10.9. The maximum absolute atomic E-state index is 11.7. The van der Waals surface area contributed by atoms with E-state index in [1.54, 1.807) is 0 Å². The van der Waals surface area contributed by atoms with Gasteiger partial charge in [0.25, 0.3) is 0 Å². The molecule has 4 heteroatoms. The number of rotatable bonds is 25. The van der Waals surface area contributed by atoms with Crippen molar-refractivity contribution in [3.63, 3.8) is 0 Å². The van der Waals surface area contributed by atoms with Crippen molar-refractivity contribution in [2.75, 3.05) is 13.2 Å². The first kappa shape index (κ1) is 30.9. The molecule has 0 bridgehead atoms. The van der Waals surface area contributed by atoms with Crippen LogP contribution in [0.25, 0.3) is 0 Å². The van der Waals surface area contributed by atoms with Crippen molar-refractivity contribution in [3.8, 4) is 0 Å². The summed E-state index contributed by atoms with van der Waals surface area (Å²) < 4.78 is 10.3. The van der Waals surface area contributed by atoms with Gasteiger partial charge in [0.15, 0.2) is 0 Å². The molecule has 0 aromatic carbocycles. The quantitative estimate of drug-likeness (QED) is 0.102. The zero-order valence-electron chi connectivity index (χ0n) is 21.6. The van der Waals surface area contributed by atoms with Crippen molar-refractivity contribution in [3.05, 3.63) is 0 Å². The highest BCUT2D eigenvalue weighted by Crippen LogP contribution is 2.14. The van der Waals surface area contributed by atoms with Crippen molar-refractivity contribution >= 4 is 11.9 Å². The Morgan fingerprint density at radius 3 is 1.16 bits per heavy atom. The van der Waals surface area contributed by atoms with Gasteiger partial charge in [-0.05, 0) is 25.7 Å². The molecule has 32 heavy (non-hydrogen) atoms. The Bertz CT molecular complexity index is 408. The third-order valence-corrected chi connectivity index (χ3v) is 5.99. The minimum absolute atomic E-state index is 0.0977. The molecule has 190 valence electrons. The average molecular weight is 455 g/mol. The summed E-state index contributed by atoms with van der Waals surface area (Å²) in [7, 11) is 0. The lowest BCUT2D eigenvalue weighted by atomic mass is 10.0. The van der Waals surface area contributed by atoms with E-state index in [-0.39, 0.29) is 11.9 Å². The molecule has 0 radical (unpaired) electrons. The topological polar surface area (TPSA) is 52.6 Å². The molecule has 0 atom stereocenters. The molecule has 0 heterocycles. The van der Waals surface area contributed by atoms with Crippen LogP contribution in [0, 0.1) is 0 Å². The van der Waals surface area contributed by atoms with Gasteiger partial charge in [-0.15, -0.1) is 0 Å². The summed E-state index contributed by atoms with van der Waals surface area (Å²) in [5.74, 6) is -0.225. The largest absolute Gasteiger partial charge is 0.466 e. The summed E-state index contributed by atoms with van der Waals surface area (Å²) in [4.78, 5) is 23.1. The minimum Gasteiger partial charge on any atom is -0.466 e. The number of ether oxygens (including phenoxy) is 2. The van der Waals surface area contributed by atoms with E-state index in [1.807, 2.05) is 6.92 Å². The van der Waals surface area contributed by atoms with E-state index in [9.17, 15) is 9.59 Å². The number of esters is 2. The van der Waals surface area contributed by atoms with Crippen LogP contribution in [-0.4, -0.2) is 25.2 Å². The maximum atomic E-state index is 11.7. The second-order valence-electron chi connectivity index (χ2n) is 9.30. The molecule has 0 amide bonds. The second kappa shape index (κ2) is 26.2. The maximum Gasteiger partial charge on any atom is 0.305 e. The molecule has 0 aromatic heterocycles. The van der Waals surface area contributed by atoms with Gasteiger partial charge in [-0.3, -0.25) is 9.59 Å². The number of hydrogen-bond donors (Lipinski definition) is 0. The molecular weight excluding hydrogens is 400 g/mol. The van der Waals surface area contributed by atoms with E-state index >= 15 is 0 Å². The van der Waals surface area contributed by atoms with Gasteiger partial charge in [0.05, 0.1) is 13.2 Å². The predicted molar refractivity (Wildman–Crippen MR) is 135 cm³/mol. The highest BCUT2D eigenvalue weighted by atomic mass is 16.5. The molecule has 0 saturated carbocycles. The SMILES string of the molecule is CCCCCCCCCCCCCCCCCCOC(=O)CCCCCC(=O)OCCC. The summed E-state index contributed by atoms with van der Waals surface area (Å²) in [6, 6.07) is 0. The second-order valence-corrected chi connectivity index (χ2v) is 9.30. The first-order valence-corrected chi connectivity index (χ1v) is 14.0. The summed E-state index contributed by atoms with van der Waals surface area (Å²) in [5.41, 5.74) is 0. The molecule has 0 aliphatic carbocycles. The zero-order valence-corrected chi connectivity index (χ0v) is 21.6. The van der Waals surface area contributed by atoms with Gasteiger partial charge in [-0.2, -0.15) is 0 Å². The summed E-state index contributed by atoms with van der Waals surface area (Å²) in [6.45, 7) is 5.32. The Balaban J connectivity index is 3.19. The third-order valence-electron chi connectivity index (χ3n) is 5.99. The molecule has 0 unspecified atom stereocenters. The summed E-state index contributed by atoms with van der Waals surface area (Å²) in [6.07, 6.45) is 25.8. The molecule has 0 aliphatic rings.